The molecule has 1 N–H and O–H groups in total. The second-order valence-corrected chi connectivity index (χ2v) is 3.81. The Kier molecular flexibility index (Phi) is 2.72. The lowest BCUT2D eigenvalue weighted by atomic mass is 10.2. The molecule has 0 saturated heterocycles. The van der Waals surface area contributed by atoms with Crippen molar-refractivity contribution in [2.45, 2.75) is 19.4 Å². The number of halogens is 1. The van der Waals surface area contributed by atoms with Crippen molar-refractivity contribution in [1.82, 2.24) is 0 Å². The monoisotopic (exact) mass is 176 g/mol. The van der Waals surface area contributed by atoms with Crippen LogP contribution in [0.4, 0.5) is 0 Å². The standard InChI is InChI=1S/C7H9ClOS/c1-2-5(9)6-3-4-7(8)10-6/h3-5,9H,2H2,1H3. The highest BCUT2D eigenvalue weighted by molar-refractivity contribution is 7.16. The molecule has 1 atom stereocenters. The van der Waals surface area contributed by atoms with E-state index in [9.17, 15) is 5.11 Å². The molecule has 0 radical (unpaired) electrons. The van der Waals surface area contributed by atoms with Gasteiger partial charge in [0.25, 0.3) is 0 Å². The fraction of sp³-hybridized carbons (Fsp3) is 0.429. The van der Waals surface area contributed by atoms with Gasteiger partial charge in [-0.15, -0.1) is 11.3 Å². The molecule has 1 heterocycles. The van der Waals surface area contributed by atoms with Gasteiger partial charge in [0.1, 0.15) is 0 Å². The Bertz CT molecular complexity index is 209. The van der Waals surface area contributed by atoms with Gasteiger partial charge in [0.15, 0.2) is 0 Å². The van der Waals surface area contributed by atoms with Gasteiger partial charge in [0.05, 0.1) is 10.4 Å². The van der Waals surface area contributed by atoms with E-state index in [1.54, 1.807) is 6.07 Å². The average molecular weight is 177 g/mol. The molecule has 1 rings (SSSR count). The van der Waals surface area contributed by atoms with Gasteiger partial charge in [0, 0.05) is 4.88 Å². The summed E-state index contributed by atoms with van der Waals surface area (Å²) in [6, 6.07) is 3.67. The van der Waals surface area contributed by atoms with Crippen molar-refractivity contribution in [1.29, 1.82) is 0 Å². The maximum absolute atomic E-state index is 9.29. The van der Waals surface area contributed by atoms with Crippen molar-refractivity contribution in [2.75, 3.05) is 0 Å². The van der Waals surface area contributed by atoms with E-state index in [-0.39, 0.29) is 6.10 Å². The normalized spacial score (nSPS) is 13.5. The van der Waals surface area contributed by atoms with Crippen LogP contribution in [0.1, 0.15) is 24.3 Å². The van der Waals surface area contributed by atoms with Crippen LogP contribution in [-0.2, 0) is 0 Å². The van der Waals surface area contributed by atoms with Crippen molar-refractivity contribution in [3.8, 4) is 0 Å². The molecular weight excluding hydrogens is 168 g/mol. The third-order valence-electron chi connectivity index (χ3n) is 1.31. The number of aliphatic hydroxyl groups is 1. The summed E-state index contributed by atoms with van der Waals surface area (Å²) >= 11 is 7.10. The maximum Gasteiger partial charge on any atom is 0.0932 e. The summed E-state index contributed by atoms with van der Waals surface area (Å²) in [5.41, 5.74) is 0. The van der Waals surface area contributed by atoms with Crippen LogP contribution in [0.3, 0.4) is 0 Å². The SMILES string of the molecule is CCC(O)c1ccc(Cl)s1. The zero-order chi connectivity index (χ0) is 7.56. The molecule has 0 saturated carbocycles. The quantitative estimate of drug-likeness (QED) is 0.735. The van der Waals surface area contributed by atoms with Crippen molar-refractivity contribution >= 4 is 22.9 Å². The first-order valence-corrected chi connectivity index (χ1v) is 4.36. The van der Waals surface area contributed by atoms with Gasteiger partial charge in [-0.05, 0) is 18.6 Å². The highest BCUT2D eigenvalue weighted by Crippen LogP contribution is 2.27. The number of thiophene rings is 1. The summed E-state index contributed by atoms with van der Waals surface area (Å²) in [6.45, 7) is 1.94. The summed E-state index contributed by atoms with van der Waals surface area (Å²) in [7, 11) is 0. The molecule has 0 bridgehead atoms. The van der Waals surface area contributed by atoms with Gasteiger partial charge >= 0.3 is 0 Å². The van der Waals surface area contributed by atoms with Gasteiger partial charge < -0.3 is 5.11 Å². The Morgan fingerprint density at radius 1 is 1.70 bits per heavy atom. The summed E-state index contributed by atoms with van der Waals surface area (Å²) in [4.78, 5) is 0.951. The lowest BCUT2D eigenvalue weighted by Gasteiger charge is -2.01. The molecule has 0 aliphatic heterocycles. The molecule has 1 nitrogen and oxygen atoms in total. The van der Waals surface area contributed by atoms with Crippen LogP contribution < -0.4 is 0 Å². The first-order chi connectivity index (χ1) is 4.74. The van der Waals surface area contributed by atoms with Crippen LogP contribution >= 0.6 is 22.9 Å². The molecule has 1 unspecified atom stereocenters. The third kappa shape index (κ3) is 1.72. The van der Waals surface area contributed by atoms with Crippen molar-refractivity contribution in [3.63, 3.8) is 0 Å². The highest BCUT2D eigenvalue weighted by Gasteiger charge is 2.06. The van der Waals surface area contributed by atoms with E-state index in [1.807, 2.05) is 13.0 Å². The number of hydrogen-bond acceptors (Lipinski definition) is 2. The van der Waals surface area contributed by atoms with Crippen LogP contribution in [0, 0.1) is 0 Å². The number of rotatable bonds is 2. The van der Waals surface area contributed by atoms with E-state index < -0.39 is 0 Å². The lowest BCUT2D eigenvalue weighted by molar-refractivity contribution is 0.177. The number of hydrogen-bond donors (Lipinski definition) is 1. The third-order valence-corrected chi connectivity index (χ3v) is 2.64. The summed E-state index contributed by atoms with van der Waals surface area (Å²) in [6.07, 6.45) is 0.411. The van der Waals surface area contributed by atoms with E-state index in [1.165, 1.54) is 11.3 Å². The van der Waals surface area contributed by atoms with Gasteiger partial charge in [-0.3, -0.25) is 0 Å². The Balaban J connectivity index is 2.74. The largest absolute Gasteiger partial charge is 0.388 e. The summed E-state index contributed by atoms with van der Waals surface area (Å²) < 4.78 is 0.738. The van der Waals surface area contributed by atoms with Gasteiger partial charge in [0.2, 0.25) is 0 Å². The molecule has 56 valence electrons. The molecular formula is C7H9ClOS. The minimum atomic E-state index is -0.336. The van der Waals surface area contributed by atoms with Crippen LogP contribution in [0.5, 0.6) is 0 Å². The van der Waals surface area contributed by atoms with Crippen molar-refractivity contribution < 1.29 is 5.11 Å². The van der Waals surface area contributed by atoms with Gasteiger partial charge in [-0.2, -0.15) is 0 Å². The molecule has 0 aliphatic carbocycles. The van der Waals surface area contributed by atoms with Crippen molar-refractivity contribution in [3.05, 3.63) is 21.3 Å². The summed E-state index contributed by atoms with van der Waals surface area (Å²) in [5.74, 6) is 0. The minimum Gasteiger partial charge on any atom is -0.388 e. The predicted molar refractivity (Wildman–Crippen MR) is 44.6 cm³/mol. The average Bonchev–Trinajstić information content (AvgIpc) is 2.34. The molecule has 1 aromatic rings. The summed E-state index contributed by atoms with van der Waals surface area (Å²) in [5, 5.41) is 9.29. The lowest BCUT2D eigenvalue weighted by Crippen LogP contribution is -1.89. The first kappa shape index (κ1) is 8.05. The molecule has 1 aromatic heterocycles. The van der Waals surface area contributed by atoms with E-state index in [4.69, 9.17) is 11.6 Å². The Morgan fingerprint density at radius 3 is 2.80 bits per heavy atom. The first-order valence-electron chi connectivity index (χ1n) is 3.17. The second kappa shape index (κ2) is 3.37. The zero-order valence-electron chi connectivity index (χ0n) is 5.67. The topological polar surface area (TPSA) is 20.2 Å². The number of aliphatic hydroxyl groups excluding tert-OH is 1. The van der Waals surface area contributed by atoms with E-state index in [2.05, 4.69) is 0 Å². The second-order valence-electron chi connectivity index (χ2n) is 2.07. The molecule has 3 heteroatoms. The van der Waals surface area contributed by atoms with Crippen LogP contribution in [0.25, 0.3) is 0 Å². The fourth-order valence-electron chi connectivity index (χ4n) is 0.709. The Labute approximate surface area is 69.3 Å². The smallest absolute Gasteiger partial charge is 0.0932 e. The highest BCUT2D eigenvalue weighted by atomic mass is 35.5. The molecule has 0 amide bonds. The van der Waals surface area contributed by atoms with E-state index >= 15 is 0 Å². The molecule has 10 heavy (non-hydrogen) atoms. The fourth-order valence-corrected chi connectivity index (χ4v) is 1.84. The molecule has 0 spiro atoms. The molecule has 0 aromatic carbocycles. The minimum absolute atomic E-state index is 0.336. The van der Waals surface area contributed by atoms with Crippen LogP contribution in [-0.4, -0.2) is 5.11 Å². The van der Waals surface area contributed by atoms with Crippen LogP contribution in [0.2, 0.25) is 4.34 Å². The van der Waals surface area contributed by atoms with Crippen molar-refractivity contribution in [2.24, 2.45) is 0 Å². The van der Waals surface area contributed by atoms with Gasteiger partial charge in [-0.25, -0.2) is 0 Å². The zero-order valence-corrected chi connectivity index (χ0v) is 7.25. The van der Waals surface area contributed by atoms with E-state index in [0.29, 0.717) is 0 Å². The Hall–Kier alpha value is -0.0500. The maximum atomic E-state index is 9.29. The van der Waals surface area contributed by atoms with Crippen LogP contribution in [0.15, 0.2) is 12.1 Å². The Morgan fingerprint density at radius 2 is 2.40 bits per heavy atom. The van der Waals surface area contributed by atoms with E-state index in [0.717, 1.165) is 15.6 Å². The molecule has 0 aliphatic rings. The molecule has 0 fully saturated rings. The predicted octanol–water partition coefficient (Wildman–Crippen LogP) is 2.84. The van der Waals surface area contributed by atoms with Gasteiger partial charge in [-0.1, -0.05) is 18.5 Å².